The van der Waals surface area contributed by atoms with Gasteiger partial charge < -0.3 is 16.0 Å². The zero-order chi connectivity index (χ0) is 12.3. The molecule has 4 heteroatoms. The van der Waals surface area contributed by atoms with Crippen molar-refractivity contribution in [2.24, 2.45) is 5.92 Å². The summed E-state index contributed by atoms with van der Waals surface area (Å²) in [4.78, 5) is 11.6. The minimum atomic E-state index is 0.210. The number of carbonyl (C=O) groups excluding carboxylic acids is 1. The number of piperidine rings is 1. The molecule has 0 aliphatic carbocycles. The van der Waals surface area contributed by atoms with Gasteiger partial charge in [-0.1, -0.05) is 6.92 Å². The first-order valence-electron chi connectivity index (χ1n) is 7.01. The highest BCUT2D eigenvalue weighted by atomic mass is 16.1. The monoisotopic (exact) mass is 241 g/mol. The quantitative estimate of drug-likeness (QED) is 0.553. The van der Waals surface area contributed by atoms with Crippen LogP contribution in [0.4, 0.5) is 0 Å². The fourth-order valence-corrected chi connectivity index (χ4v) is 2.19. The van der Waals surface area contributed by atoms with E-state index in [1.54, 1.807) is 0 Å². The first kappa shape index (κ1) is 14.5. The van der Waals surface area contributed by atoms with E-state index in [0.717, 1.165) is 51.5 Å². The fraction of sp³-hybridized carbons (Fsp3) is 0.923. The topological polar surface area (TPSA) is 53.2 Å². The Balaban J connectivity index is 1.93. The minimum absolute atomic E-state index is 0.210. The molecule has 1 saturated heterocycles. The normalized spacial score (nSPS) is 17.0. The van der Waals surface area contributed by atoms with Crippen LogP contribution in [-0.2, 0) is 4.79 Å². The van der Waals surface area contributed by atoms with Crippen LogP contribution < -0.4 is 16.0 Å². The smallest absolute Gasteiger partial charge is 0.220 e. The number of nitrogens with one attached hydrogen (secondary N) is 3. The van der Waals surface area contributed by atoms with Gasteiger partial charge in [-0.3, -0.25) is 4.79 Å². The van der Waals surface area contributed by atoms with Gasteiger partial charge >= 0.3 is 0 Å². The lowest BCUT2D eigenvalue weighted by atomic mass is 9.93. The van der Waals surface area contributed by atoms with E-state index in [4.69, 9.17) is 0 Å². The first-order valence-corrected chi connectivity index (χ1v) is 7.01. The maximum Gasteiger partial charge on any atom is 0.220 e. The Kier molecular flexibility index (Phi) is 8.01. The van der Waals surface area contributed by atoms with Crippen molar-refractivity contribution in [1.82, 2.24) is 16.0 Å². The molecule has 0 radical (unpaired) electrons. The Bertz CT molecular complexity index is 203. The highest BCUT2D eigenvalue weighted by molar-refractivity contribution is 5.75. The molecule has 0 saturated carbocycles. The second-order valence-corrected chi connectivity index (χ2v) is 4.83. The summed E-state index contributed by atoms with van der Waals surface area (Å²) in [5.41, 5.74) is 0. The maximum absolute atomic E-state index is 11.6. The average molecular weight is 241 g/mol. The molecule has 0 aromatic carbocycles. The van der Waals surface area contributed by atoms with Crippen molar-refractivity contribution >= 4 is 5.91 Å². The Hall–Kier alpha value is -0.610. The highest BCUT2D eigenvalue weighted by Gasteiger charge is 2.13. The van der Waals surface area contributed by atoms with Crippen LogP contribution in [0.25, 0.3) is 0 Å². The lowest BCUT2D eigenvalue weighted by Crippen LogP contribution is -2.33. The Morgan fingerprint density at radius 3 is 2.71 bits per heavy atom. The lowest BCUT2D eigenvalue weighted by Gasteiger charge is -2.22. The molecule has 0 aromatic rings. The van der Waals surface area contributed by atoms with Crippen LogP contribution in [-0.4, -0.2) is 38.6 Å². The van der Waals surface area contributed by atoms with Crippen molar-refractivity contribution < 1.29 is 4.79 Å². The first-order chi connectivity index (χ1) is 8.33. The van der Waals surface area contributed by atoms with E-state index < -0.39 is 0 Å². The molecule has 1 aliphatic heterocycles. The van der Waals surface area contributed by atoms with Gasteiger partial charge in [-0.05, 0) is 51.2 Å². The van der Waals surface area contributed by atoms with E-state index >= 15 is 0 Å². The molecule has 0 aromatic heterocycles. The van der Waals surface area contributed by atoms with Crippen LogP contribution in [0.15, 0.2) is 0 Å². The summed E-state index contributed by atoms with van der Waals surface area (Å²) in [5.74, 6) is 0.960. The maximum atomic E-state index is 11.6. The standard InChI is InChI=1S/C13H27N3O/c1-2-7-14-10-11-16-13(17)4-3-12-5-8-15-9-6-12/h12,14-15H,2-11H2,1H3,(H,16,17). The zero-order valence-corrected chi connectivity index (χ0v) is 11.1. The van der Waals surface area contributed by atoms with Crippen molar-refractivity contribution in [2.45, 2.75) is 39.0 Å². The Labute approximate surface area is 105 Å². The summed E-state index contributed by atoms with van der Waals surface area (Å²) >= 11 is 0. The van der Waals surface area contributed by atoms with Crippen molar-refractivity contribution in [3.63, 3.8) is 0 Å². The van der Waals surface area contributed by atoms with E-state index in [1.165, 1.54) is 12.8 Å². The van der Waals surface area contributed by atoms with Gasteiger partial charge in [0.25, 0.3) is 0 Å². The second kappa shape index (κ2) is 9.42. The van der Waals surface area contributed by atoms with Crippen molar-refractivity contribution in [3.8, 4) is 0 Å². The lowest BCUT2D eigenvalue weighted by molar-refractivity contribution is -0.121. The van der Waals surface area contributed by atoms with E-state index in [1.807, 2.05) is 0 Å². The third kappa shape index (κ3) is 7.34. The molecule has 0 unspecified atom stereocenters. The van der Waals surface area contributed by atoms with Crippen LogP contribution in [0, 0.1) is 5.92 Å². The van der Waals surface area contributed by atoms with E-state index in [0.29, 0.717) is 6.42 Å². The number of hydrogen-bond acceptors (Lipinski definition) is 3. The zero-order valence-electron chi connectivity index (χ0n) is 11.1. The van der Waals surface area contributed by atoms with Gasteiger partial charge in [0, 0.05) is 19.5 Å². The summed E-state index contributed by atoms with van der Waals surface area (Å²) in [6.07, 6.45) is 5.34. The number of amides is 1. The van der Waals surface area contributed by atoms with E-state index in [-0.39, 0.29) is 5.91 Å². The molecular weight excluding hydrogens is 214 g/mol. The largest absolute Gasteiger partial charge is 0.355 e. The van der Waals surface area contributed by atoms with Crippen LogP contribution in [0.5, 0.6) is 0 Å². The predicted octanol–water partition coefficient (Wildman–Crippen LogP) is 0.882. The summed E-state index contributed by atoms with van der Waals surface area (Å²) in [5, 5.41) is 9.58. The molecule has 4 nitrogen and oxygen atoms in total. The molecule has 3 N–H and O–H groups in total. The summed E-state index contributed by atoms with van der Waals surface area (Å²) in [7, 11) is 0. The summed E-state index contributed by atoms with van der Waals surface area (Å²) < 4.78 is 0. The van der Waals surface area contributed by atoms with Gasteiger partial charge in [-0.2, -0.15) is 0 Å². The van der Waals surface area contributed by atoms with Gasteiger partial charge in [0.15, 0.2) is 0 Å². The molecule has 1 fully saturated rings. The van der Waals surface area contributed by atoms with Crippen molar-refractivity contribution in [2.75, 3.05) is 32.7 Å². The Morgan fingerprint density at radius 1 is 1.24 bits per heavy atom. The van der Waals surface area contributed by atoms with Crippen LogP contribution >= 0.6 is 0 Å². The summed E-state index contributed by atoms with van der Waals surface area (Å²) in [6.45, 7) is 7.05. The predicted molar refractivity (Wildman–Crippen MR) is 71.0 cm³/mol. The summed E-state index contributed by atoms with van der Waals surface area (Å²) in [6, 6.07) is 0. The average Bonchev–Trinajstić information content (AvgIpc) is 2.37. The van der Waals surface area contributed by atoms with Crippen LogP contribution in [0.3, 0.4) is 0 Å². The second-order valence-electron chi connectivity index (χ2n) is 4.83. The number of carbonyl (C=O) groups is 1. The number of rotatable bonds is 8. The molecule has 1 rings (SSSR count). The van der Waals surface area contributed by atoms with Crippen LogP contribution in [0.1, 0.15) is 39.0 Å². The van der Waals surface area contributed by atoms with E-state index in [2.05, 4.69) is 22.9 Å². The molecular formula is C13H27N3O. The molecule has 1 heterocycles. The van der Waals surface area contributed by atoms with E-state index in [9.17, 15) is 4.79 Å². The third-order valence-electron chi connectivity index (χ3n) is 3.29. The highest BCUT2D eigenvalue weighted by Crippen LogP contribution is 2.17. The molecule has 1 aliphatic rings. The molecule has 17 heavy (non-hydrogen) atoms. The van der Waals surface area contributed by atoms with Gasteiger partial charge in [0.2, 0.25) is 5.91 Å². The molecule has 100 valence electrons. The molecule has 0 bridgehead atoms. The fourth-order valence-electron chi connectivity index (χ4n) is 2.19. The van der Waals surface area contributed by atoms with Gasteiger partial charge in [-0.15, -0.1) is 0 Å². The molecule has 0 spiro atoms. The molecule has 1 amide bonds. The third-order valence-corrected chi connectivity index (χ3v) is 3.29. The Morgan fingerprint density at radius 2 is 2.00 bits per heavy atom. The minimum Gasteiger partial charge on any atom is -0.355 e. The van der Waals surface area contributed by atoms with Gasteiger partial charge in [0.1, 0.15) is 0 Å². The van der Waals surface area contributed by atoms with Gasteiger partial charge in [-0.25, -0.2) is 0 Å². The van der Waals surface area contributed by atoms with Crippen molar-refractivity contribution in [3.05, 3.63) is 0 Å². The SMILES string of the molecule is CCCNCCNC(=O)CCC1CCNCC1. The van der Waals surface area contributed by atoms with Crippen LogP contribution in [0.2, 0.25) is 0 Å². The van der Waals surface area contributed by atoms with Crippen molar-refractivity contribution in [1.29, 1.82) is 0 Å². The number of hydrogen-bond donors (Lipinski definition) is 3. The molecule has 0 atom stereocenters. The van der Waals surface area contributed by atoms with Gasteiger partial charge in [0.05, 0.1) is 0 Å².